The molecule has 2 atom stereocenters. The number of methoxy groups -OCH3 is 1. The fourth-order valence-electron chi connectivity index (χ4n) is 5.48. The molecule has 1 saturated heterocycles. The quantitative estimate of drug-likeness (QED) is 0.540. The van der Waals surface area contributed by atoms with Gasteiger partial charge in [-0.25, -0.2) is 17.6 Å². The molecular weight excluding hydrogens is 488 g/mol. The predicted octanol–water partition coefficient (Wildman–Crippen LogP) is 4.52. The molecular formula is C27H36F4N4O2. The zero-order valence-corrected chi connectivity index (χ0v) is 21.4. The molecule has 1 aliphatic heterocycles. The van der Waals surface area contributed by atoms with E-state index in [2.05, 4.69) is 33.9 Å². The number of ether oxygens (including phenoxy) is 1. The van der Waals surface area contributed by atoms with Gasteiger partial charge in [-0.15, -0.1) is 0 Å². The van der Waals surface area contributed by atoms with Crippen LogP contribution < -0.4 is 10.1 Å². The summed E-state index contributed by atoms with van der Waals surface area (Å²) in [6.07, 6.45) is 1.89. The highest BCUT2D eigenvalue weighted by atomic mass is 19.3. The molecule has 37 heavy (non-hydrogen) atoms. The van der Waals surface area contributed by atoms with E-state index >= 15 is 8.78 Å². The van der Waals surface area contributed by atoms with Gasteiger partial charge in [-0.3, -0.25) is 19.6 Å². The van der Waals surface area contributed by atoms with E-state index in [4.69, 9.17) is 4.74 Å². The van der Waals surface area contributed by atoms with E-state index in [1.807, 2.05) is 0 Å². The van der Waals surface area contributed by atoms with Crippen molar-refractivity contribution in [3.8, 4) is 17.0 Å². The molecule has 6 nitrogen and oxygen atoms in total. The number of rotatable bonds is 7. The molecule has 4 rings (SSSR count). The topological polar surface area (TPSA) is 57.7 Å². The third-order valence-electron chi connectivity index (χ3n) is 7.39. The van der Waals surface area contributed by atoms with E-state index in [-0.39, 0.29) is 31.3 Å². The van der Waals surface area contributed by atoms with Crippen LogP contribution in [0, 0.1) is 11.6 Å². The molecule has 0 unspecified atom stereocenters. The third-order valence-corrected chi connectivity index (χ3v) is 7.39. The summed E-state index contributed by atoms with van der Waals surface area (Å²) in [5.41, 5.74) is 0.696. The first-order valence-electron chi connectivity index (χ1n) is 12.7. The number of hydrogen-bond acceptors (Lipinski definition) is 5. The van der Waals surface area contributed by atoms with Crippen LogP contribution in [0.5, 0.6) is 5.75 Å². The largest absolute Gasteiger partial charge is 0.494 e. The minimum Gasteiger partial charge on any atom is -0.494 e. The lowest BCUT2D eigenvalue weighted by atomic mass is 9.85. The van der Waals surface area contributed by atoms with Crippen molar-refractivity contribution in [2.75, 3.05) is 33.3 Å². The van der Waals surface area contributed by atoms with Gasteiger partial charge in [0.25, 0.3) is 5.92 Å². The van der Waals surface area contributed by atoms with E-state index in [9.17, 15) is 13.6 Å². The molecule has 2 aliphatic rings. The molecule has 0 spiro atoms. The number of aromatic nitrogens is 1. The summed E-state index contributed by atoms with van der Waals surface area (Å²) in [6.45, 7) is 7.21. The van der Waals surface area contributed by atoms with Crippen molar-refractivity contribution >= 4 is 5.91 Å². The van der Waals surface area contributed by atoms with Crippen molar-refractivity contribution in [1.29, 1.82) is 0 Å². The molecule has 2 fully saturated rings. The predicted molar refractivity (Wildman–Crippen MR) is 135 cm³/mol. The smallest absolute Gasteiger partial charge is 0.269 e. The van der Waals surface area contributed by atoms with E-state index in [1.54, 1.807) is 6.07 Å². The molecule has 1 amide bonds. The maximum atomic E-state index is 15.1. The van der Waals surface area contributed by atoms with Gasteiger partial charge < -0.3 is 10.1 Å². The fourth-order valence-corrected chi connectivity index (χ4v) is 5.48. The molecule has 1 N–H and O–H groups in total. The van der Waals surface area contributed by atoms with Crippen molar-refractivity contribution in [2.45, 2.75) is 63.6 Å². The van der Waals surface area contributed by atoms with Crippen molar-refractivity contribution in [2.24, 2.45) is 0 Å². The summed E-state index contributed by atoms with van der Waals surface area (Å²) >= 11 is 0. The molecule has 1 aliphatic carbocycles. The van der Waals surface area contributed by atoms with Gasteiger partial charge in [-0.2, -0.15) is 0 Å². The Labute approximate surface area is 216 Å². The van der Waals surface area contributed by atoms with Crippen LogP contribution in [0.4, 0.5) is 17.6 Å². The van der Waals surface area contributed by atoms with Crippen LogP contribution in [0.25, 0.3) is 11.3 Å². The van der Waals surface area contributed by atoms with Crippen LogP contribution >= 0.6 is 0 Å². The number of piperazine rings is 1. The number of alkyl halides is 2. The summed E-state index contributed by atoms with van der Waals surface area (Å²) in [7, 11) is 1.36. The average molecular weight is 525 g/mol. The minimum atomic E-state index is -3.03. The Hall–Kier alpha value is -2.72. The highest BCUT2D eigenvalue weighted by Crippen LogP contribution is 2.37. The maximum Gasteiger partial charge on any atom is 0.269 e. The molecule has 2 aromatic rings. The number of halogens is 4. The number of carbonyl (C=O) groups is 1. The van der Waals surface area contributed by atoms with Crippen LogP contribution in [0.1, 0.15) is 40.1 Å². The van der Waals surface area contributed by atoms with Gasteiger partial charge in [0.15, 0.2) is 0 Å². The second-order valence-corrected chi connectivity index (χ2v) is 10.1. The van der Waals surface area contributed by atoms with Gasteiger partial charge >= 0.3 is 0 Å². The summed E-state index contributed by atoms with van der Waals surface area (Å²) in [5.74, 6) is -4.98. The molecule has 0 bridgehead atoms. The van der Waals surface area contributed by atoms with Gasteiger partial charge in [0.1, 0.15) is 29.1 Å². The molecule has 204 valence electrons. The van der Waals surface area contributed by atoms with Gasteiger partial charge in [0, 0.05) is 69.5 Å². The summed E-state index contributed by atoms with van der Waals surface area (Å²) in [5, 5.41) is 2.63. The summed E-state index contributed by atoms with van der Waals surface area (Å²) in [6, 6.07) is 3.16. The molecule has 2 heterocycles. The first kappa shape index (κ1) is 27.3. The highest BCUT2D eigenvalue weighted by Gasteiger charge is 2.49. The van der Waals surface area contributed by atoms with Crippen molar-refractivity contribution in [3.05, 3.63) is 47.7 Å². The Bertz CT molecular complexity index is 1090. The highest BCUT2D eigenvalue weighted by molar-refractivity contribution is 5.81. The fraction of sp³-hybridized carbons (Fsp3) is 0.556. The van der Waals surface area contributed by atoms with Crippen molar-refractivity contribution in [1.82, 2.24) is 20.1 Å². The Morgan fingerprint density at radius 2 is 1.86 bits per heavy atom. The summed E-state index contributed by atoms with van der Waals surface area (Å²) < 4.78 is 63.3. The second-order valence-electron chi connectivity index (χ2n) is 10.1. The van der Waals surface area contributed by atoms with Crippen LogP contribution in [-0.2, 0) is 11.2 Å². The average Bonchev–Trinajstić information content (AvgIpc) is 2.84. The first-order chi connectivity index (χ1) is 17.6. The number of carbonyl (C=O) groups excluding carboxylic acids is 1. The lowest BCUT2D eigenvalue weighted by Crippen LogP contribution is -2.64. The number of hydrogen-bond donors (Lipinski definition) is 1. The molecule has 1 saturated carbocycles. The van der Waals surface area contributed by atoms with Gasteiger partial charge in [0.05, 0.1) is 13.5 Å². The zero-order chi connectivity index (χ0) is 26.7. The molecule has 1 aromatic carbocycles. The standard InChI is InChI=1S/C27H34F4N4O2.H2/c1-17(2)34-9-11-35(12-10-34)22-5-4-7-27(30,31)26(22)33-23(36)15-18-6-8-32-24(25(18)37-3)19-13-20(28)16-21(29)14-19;/h6,8,13-14,16-17,22,26H,4-5,7,9-12,15H2,1-3H3,(H,33,36);1H/t22-,26+;/m0./s1. The lowest BCUT2D eigenvalue weighted by molar-refractivity contribution is -0.133. The molecule has 0 radical (unpaired) electrons. The van der Waals surface area contributed by atoms with E-state index in [0.29, 0.717) is 37.5 Å². The Balaban J connectivity index is 0.00000400. The zero-order valence-electron chi connectivity index (χ0n) is 21.4. The molecule has 10 heteroatoms. The Morgan fingerprint density at radius 3 is 2.49 bits per heavy atom. The molecule has 1 aromatic heterocycles. The van der Waals surface area contributed by atoms with E-state index < -0.39 is 35.5 Å². The number of amides is 1. The summed E-state index contributed by atoms with van der Waals surface area (Å²) in [4.78, 5) is 21.7. The third kappa shape index (κ3) is 6.23. The van der Waals surface area contributed by atoms with Crippen LogP contribution in [0.15, 0.2) is 30.5 Å². The van der Waals surface area contributed by atoms with Gasteiger partial charge in [-0.1, -0.05) is 0 Å². The normalized spacial score (nSPS) is 22.7. The number of nitrogens with zero attached hydrogens (tertiary/aromatic N) is 3. The first-order valence-corrected chi connectivity index (χ1v) is 12.7. The second kappa shape index (κ2) is 11.3. The maximum absolute atomic E-state index is 15.1. The monoisotopic (exact) mass is 524 g/mol. The van der Waals surface area contributed by atoms with Crippen molar-refractivity contribution < 1.29 is 28.5 Å². The number of benzene rings is 1. The van der Waals surface area contributed by atoms with E-state index in [0.717, 1.165) is 31.3 Å². The minimum absolute atomic E-state index is 0. The van der Waals surface area contributed by atoms with Crippen LogP contribution in [0.2, 0.25) is 0 Å². The lowest BCUT2D eigenvalue weighted by Gasteiger charge is -2.47. The van der Waals surface area contributed by atoms with Crippen molar-refractivity contribution in [3.63, 3.8) is 0 Å². The van der Waals surface area contributed by atoms with E-state index in [1.165, 1.54) is 13.3 Å². The van der Waals surface area contributed by atoms with Crippen LogP contribution in [-0.4, -0.2) is 78.0 Å². The van der Waals surface area contributed by atoms with Gasteiger partial charge in [0.2, 0.25) is 5.91 Å². The Kier molecular flexibility index (Phi) is 8.38. The van der Waals surface area contributed by atoms with Crippen LogP contribution in [0.3, 0.4) is 0 Å². The van der Waals surface area contributed by atoms with Gasteiger partial charge in [-0.05, 0) is 44.9 Å². The Morgan fingerprint density at radius 1 is 1.19 bits per heavy atom. The SMILES string of the molecule is COc1c(CC(=O)N[C@@H]2[C@@H](N3CCN(C(C)C)CC3)CCCC2(F)F)ccnc1-c1cc(F)cc(F)c1.[HH]. The number of pyridine rings is 1. The number of nitrogens with one attached hydrogen (secondary N) is 1.